The summed E-state index contributed by atoms with van der Waals surface area (Å²) in [7, 11) is 0. The molecule has 3 N–H and O–H groups in total. The fourth-order valence-corrected chi connectivity index (χ4v) is 2.09. The van der Waals surface area contributed by atoms with Crippen molar-refractivity contribution in [3.8, 4) is 5.75 Å². The molecule has 1 aromatic heterocycles. The summed E-state index contributed by atoms with van der Waals surface area (Å²) in [6.07, 6.45) is 0.190. The highest BCUT2D eigenvalue weighted by Crippen LogP contribution is 2.20. The molecule has 0 saturated carbocycles. The molecule has 0 aliphatic carbocycles. The van der Waals surface area contributed by atoms with Gasteiger partial charge in [-0.05, 0) is 29.8 Å². The Morgan fingerprint density at radius 2 is 2.05 bits per heavy atom. The summed E-state index contributed by atoms with van der Waals surface area (Å²) in [5.74, 6) is 0.499. The van der Waals surface area contributed by atoms with Crippen LogP contribution in [0.25, 0.3) is 10.9 Å². The number of benzene rings is 2. The quantitative estimate of drug-likeness (QED) is 0.682. The highest BCUT2D eigenvalue weighted by Gasteiger charge is 2.09. The zero-order chi connectivity index (χ0) is 13.9. The minimum absolute atomic E-state index is 0.153. The first-order valence-corrected chi connectivity index (χ1v) is 6.23. The number of phenols is 1. The van der Waals surface area contributed by atoms with Crippen molar-refractivity contribution in [2.45, 2.75) is 6.42 Å². The second kappa shape index (κ2) is 5.05. The summed E-state index contributed by atoms with van der Waals surface area (Å²) in [5, 5.41) is 20.0. The second-order valence-electron chi connectivity index (χ2n) is 4.51. The van der Waals surface area contributed by atoms with Crippen molar-refractivity contribution >= 4 is 22.6 Å². The zero-order valence-corrected chi connectivity index (χ0v) is 10.6. The molecule has 0 spiro atoms. The fraction of sp³-hybridized carbons (Fsp3) is 0.0667. The number of hydrogen-bond donors (Lipinski definition) is 3. The summed E-state index contributed by atoms with van der Waals surface area (Å²) in [4.78, 5) is 12.0. The maximum Gasteiger partial charge on any atom is 0.230 e. The van der Waals surface area contributed by atoms with Crippen LogP contribution in [-0.2, 0) is 11.2 Å². The number of H-pyrrole nitrogens is 1. The van der Waals surface area contributed by atoms with E-state index in [0.29, 0.717) is 5.82 Å². The van der Waals surface area contributed by atoms with Gasteiger partial charge in [0.2, 0.25) is 5.91 Å². The average Bonchev–Trinajstić information content (AvgIpc) is 2.82. The second-order valence-corrected chi connectivity index (χ2v) is 4.51. The number of nitrogens with zero attached hydrogens (tertiary/aromatic N) is 1. The van der Waals surface area contributed by atoms with Gasteiger partial charge in [-0.3, -0.25) is 9.89 Å². The molecule has 2 aromatic carbocycles. The van der Waals surface area contributed by atoms with Gasteiger partial charge in [0, 0.05) is 5.39 Å². The number of fused-ring (bicyclic) bond motifs is 1. The highest BCUT2D eigenvalue weighted by atomic mass is 16.3. The Balaban J connectivity index is 1.76. The van der Waals surface area contributed by atoms with E-state index in [4.69, 9.17) is 0 Å². The predicted molar refractivity (Wildman–Crippen MR) is 76.5 cm³/mol. The van der Waals surface area contributed by atoms with E-state index in [9.17, 15) is 9.90 Å². The van der Waals surface area contributed by atoms with Gasteiger partial charge in [0.25, 0.3) is 0 Å². The van der Waals surface area contributed by atoms with Crippen LogP contribution in [0.1, 0.15) is 5.56 Å². The lowest BCUT2D eigenvalue weighted by Crippen LogP contribution is -2.14. The number of aromatic amines is 1. The molecule has 5 nitrogen and oxygen atoms in total. The molecule has 1 amide bonds. The molecule has 100 valence electrons. The van der Waals surface area contributed by atoms with Crippen molar-refractivity contribution in [1.82, 2.24) is 10.2 Å². The first kappa shape index (κ1) is 12.2. The first-order valence-electron chi connectivity index (χ1n) is 6.23. The molecular formula is C15H13N3O2. The smallest absolute Gasteiger partial charge is 0.230 e. The minimum Gasteiger partial charge on any atom is -0.508 e. The number of para-hydroxylation sites is 1. The van der Waals surface area contributed by atoms with E-state index in [1.54, 1.807) is 24.3 Å². The molecule has 0 fully saturated rings. The predicted octanol–water partition coefficient (Wildman–Crippen LogP) is 2.45. The minimum atomic E-state index is -0.173. The largest absolute Gasteiger partial charge is 0.508 e. The lowest BCUT2D eigenvalue weighted by Gasteiger charge is -2.03. The Kier molecular flexibility index (Phi) is 3.09. The van der Waals surface area contributed by atoms with Crippen LogP contribution in [0.5, 0.6) is 5.75 Å². The number of anilines is 1. The maximum atomic E-state index is 12.0. The third-order valence-corrected chi connectivity index (χ3v) is 3.00. The Labute approximate surface area is 115 Å². The molecule has 0 unspecified atom stereocenters. The molecule has 0 atom stereocenters. The van der Waals surface area contributed by atoms with Crippen LogP contribution in [0.4, 0.5) is 5.82 Å². The van der Waals surface area contributed by atoms with E-state index in [0.717, 1.165) is 16.5 Å². The molecule has 0 aliphatic heterocycles. The number of amides is 1. The lowest BCUT2D eigenvalue weighted by molar-refractivity contribution is -0.115. The van der Waals surface area contributed by atoms with Crippen LogP contribution < -0.4 is 5.32 Å². The van der Waals surface area contributed by atoms with Gasteiger partial charge in [0.05, 0.1) is 11.9 Å². The number of carbonyl (C=O) groups excluding carboxylic acids is 1. The molecule has 0 aliphatic rings. The van der Waals surface area contributed by atoms with Crippen LogP contribution in [0.15, 0.2) is 48.5 Å². The molecule has 3 aromatic rings. The van der Waals surface area contributed by atoms with Gasteiger partial charge < -0.3 is 10.4 Å². The van der Waals surface area contributed by atoms with Gasteiger partial charge in [-0.25, -0.2) is 0 Å². The van der Waals surface area contributed by atoms with E-state index in [2.05, 4.69) is 15.5 Å². The van der Waals surface area contributed by atoms with Gasteiger partial charge in [0.1, 0.15) is 5.75 Å². The zero-order valence-electron chi connectivity index (χ0n) is 10.6. The molecule has 0 saturated heterocycles. The number of rotatable bonds is 3. The monoisotopic (exact) mass is 267 g/mol. The van der Waals surface area contributed by atoms with E-state index >= 15 is 0 Å². The number of carbonyl (C=O) groups is 1. The van der Waals surface area contributed by atoms with Crippen molar-refractivity contribution in [3.05, 3.63) is 54.1 Å². The van der Waals surface area contributed by atoms with E-state index in [-0.39, 0.29) is 18.1 Å². The van der Waals surface area contributed by atoms with E-state index in [1.165, 1.54) is 0 Å². The molecule has 0 bridgehead atoms. The maximum absolute atomic E-state index is 12.0. The van der Waals surface area contributed by atoms with Crippen LogP contribution in [0, 0.1) is 0 Å². The van der Waals surface area contributed by atoms with Gasteiger partial charge in [0.15, 0.2) is 5.82 Å². The number of aromatic nitrogens is 2. The number of nitrogens with one attached hydrogen (secondary N) is 2. The van der Waals surface area contributed by atoms with Crippen molar-refractivity contribution in [2.75, 3.05) is 5.32 Å². The van der Waals surface area contributed by atoms with Crippen molar-refractivity contribution in [1.29, 1.82) is 0 Å². The number of aromatic hydroxyl groups is 1. The van der Waals surface area contributed by atoms with Gasteiger partial charge >= 0.3 is 0 Å². The average molecular weight is 267 g/mol. The van der Waals surface area contributed by atoms with Crippen molar-refractivity contribution < 1.29 is 9.90 Å². The fourth-order valence-electron chi connectivity index (χ4n) is 2.09. The summed E-state index contributed by atoms with van der Waals surface area (Å²) in [5.41, 5.74) is 1.63. The SMILES string of the molecule is O=C(Cc1cccc(O)c1)Nc1n[nH]c2ccccc12. The van der Waals surface area contributed by atoms with Gasteiger partial charge in [-0.15, -0.1) is 0 Å². The standard InChI is InChI=1S/C15H13N3O2/c19-11-5-3-4-10(8-11)9-14(20)16-15-12-6-1-2-7-13(12)17-18-15/h1-8,19H,9H2,(H2,16,17,18,20). The molecule has 0 radical (unpaired) electrons. The Morgan fingerprint density at radius 3 is 2.90 bits per heavy atom. The molecule has 1 heterocycles. The molecule has 20 heavy (non-hydrogen) atoms. The van der Waals surface area contributed by atoms with Crippen molar-refractivity contribution in [2.24, 2.45) is 0 Å². The molecule has 3 rings (SSSR count). The van der Waals surface area contributed by atoms with Gasteiger partial charge in [-0.2, -0.15) is 5.10 Å². The highest BCUT2D eigenvalue weighted by molar-refractivity contribution is 6.00. The number of phenolic OH excluding ortho intramolecular Hbond substituents is 1. The van der Waals surface area contributed by atoms with E-state index in [1.807, 2.05) is 24.3 Å². The van der Waals surface area contributed by atoms with Crippen LogP contribution in [0.3, 0.4) is 0 Å². The topological polar surface area (TPSA) is 78.0 Å². The normalized spacial score (nSPS) is 10.6. The Hall–Kier alpha value is -2.82. The summed E-state index contributed by atoms with van der Waals surface area (Å²) in [6, 6.07) is 14.2. The van der Waals surface area contributed by atoms with Crippen molar-refractivity contribution in [3.63, 3.8) is 0 Å². The Morgan fingerprint density at radius 1 is 1.20 bits per heavy atom. The summed E-state index contributed by atoms with van der Waals surface area (Å²) < 4.78 is 0. The molecular weight excluding hydrogens is 254 g/mol. The third-order valence-electron chi connectivity index (χ3n) is 3.00. The van der Waals surface area contributed by atoms with E-state index < -0.39 is 0 Å². The lowest BCUT2D eigenvalue weighted by atomic mass is 10.1. The van der Waals surface area contributed by atoms with Gasteiger partial charge in [-0.1, -0.05) is 24.3 Å². The van der Waals surface area contributed by atoms with Crippen LogP contribution in [0.2, 0.25) is 0 Å². The third kappa shape index (κ3) is 2.47. The van der Waals surface area contributed by atoms with Crippen LogP contribution >= 0.6 is 0 Å². The summed E-state index contributed by atoms with van der Waals surface area (Å²) >= 11 is 0. The first-order chi connectivity index (χ1) is 9.72. The summed E-state index contributed by atoms with van der Waals surface area (Å²) in [6.45, 7) is 0. The Bertz CT molecular complexity index is 764. The molecule has 5 heteroatoms. The van der Waals surface area contributed by atoms with Crippen LogP contribution in [-0.4, -0.2) is 21.2 Å². The number of hydrogen-bond acceptors (Lipinski definition) is 3.